The van der Waals surface area contributed by atoms with Gasteiger partial charge in [-0.15, -0.1) is 11.3 Å². The van der Waals surface area contributed by atoms with Crippen LogP contribution in [0.15, 0.2) is 41.3 Å². The Labute approximate surface area is 176 Å². The molecule has 0 spiro atoms. The molecule has 6 nitrogen and oxygen atoms in total. The number of aliphatic hydroxyl groups is 1. The average Bonchev–Trinajstić information content (AvgIpc) is 3.36. The first-order valence-electron chi connectivity index (χ1n) is 9.75. The first-order valence-corrected chi connectivity index (χ1v) is 12.0. The van der Waals surface area contributed by atoms with Gasteiger partial charge in [-0.05, 0) is 56.2 Å². The zero-order valence-corrected chi connectivity index (χ0v) is 18.6. The summed E-state index contributed by atoms with van der Waals surface area (Å²) in [6.45, 7) is 2.29. The monoisotopic (exact) mass is 436 g/mol. The number of sulfonamides is 1. The van der Waals surface area contributed by atoms with Gasteiger partial charge in [0.15, 0.2) is 0 Å². The van der Waals surface area contributed by atoms with Crippen LogP contribution >= 0.6 is 11.3 Å². The van der Waals surface area contributed by atoms with Crippen molar-refractivity contribution in [1.29, 1.82) is 0 Å². The predicted molar refractivity (Wildman–Crippen MR) is 115 cm³/mol. The number of amides is 1. The third-order valence-electron chi connectivity index (χ3n) is 5.60. The van der Waals surface area contributed by atoms with Crippen LogP contribution in [0.5, 0.6) is 0 Å². The number of benzene rings is 1. The zero-order chi connectivity index (χ0) is 21.2. The number of carbonyl (C=O) groups excluding carboxylic acids is 1. The van der Waals surface area contributed by atoms with E-state index in [-0.39, 0.29) is 16.2 Å². The molecule has 29 heavy (non-hydrogen) atoms. The summed E-state index contributed by atoms with van der Waals surface area (Å²) in [5.41, 5.74) is 0.341. The Hall–Kier alpha value is -1.74. The maximum atomic E-state index is 12.7. The number of hydrogen-bond acceptors (Lipinski definition) is 5. The van der Waals surface area contributed by atoms with Crippen LogP contribution < -0.4 is 5.32 Å². The average molecular weight is 437 g/mol. The fourth-order valence-electron chi connectivity index (χ4n) is 3.77. The minimum absolute atomic E-state index is 0.0956. The summed E-state index contributed by atoms with van der Waals surface area (Å²) < 4.78 is 25.5. The molecule has 1 saturated carbocycles. The van der Waals surface area contributed by atoms with E-state index in [1.165, 1.54) is 31.1 Å². The number of carbonyl (C=O) groups is 1. The molecule has 0 radical (unpaired) electrons. The molecule has 1 heterocycles. The first kappa shape index (κ1) is 22.0. The van der Waals surface area contributed by atoms with Gasteiger partial charge < -0.3 is 10.4 Å². The summed E-state index contributed by atoms with van der Waals surface area (Å²) in [5.74, 6) is -0.211. The van der Waals surface area contributed by atoms with Gasteiger partial charge in [0.05, 0.1) is 11.0 Å². The van der Waals surface area contributed by atoms with Crippen molar-refractivity contribution in [3.63, 3.8) is 0 Å². The predicted octanol–water partition coefficient (Wildman–Crippen LogP) is 3.29. The lowest BCUT2D eigenvalue weighted by molar-refractivity contribution is 0.0943. The van der Waals surface area contributed by atoms with Crippen LogP contribution in [0.1, 0.15) is 58.8 Å². The molecular weight excluding hydrogens is 408 g/mol. The van der Waals surface area contributed by atoms with E-state index in [9.17, 15) is 18.3 Å². The Morgan fingerprint density at radius 1 is 1.17 bits per heavy atom. The second kappa shape index (κ2) is 8.55. The van der Waals surface area contributed by atoms with Gasteiger partial charge in [0.25, 0.3) is 5.91 Å². The Morgan fingerprint density at radius 2 is 1.79 bits per heavy atom. The molecule has 1 atom stereocenters. The number of rotatable bonds is 7. The van der Waals surface area contributed by atoms with Crippen molar-refractivity contribution in [2.24, 2.45) is 0 Å². The van der Waals surface area contributed by atoms with Crippen LogP contribution in [0.2, 0.25) is 0 Å². The third-order valence-corrected chi connectivity index (χ3v) is 8.94. The number of aliphatic hydroxyl groups excluding tert-OH is 1. The third kappa shape index (κ3) is 4.55. The Morgan fingerprint density at radius 3 is 2.31 bits per heavy atom. The number of thiophene rings is 1. The Kier molecular flexibility index (Phi) is 6.48. The number of hydrogen-bond donors (Lipinski definition) is 2. The van der Waals surface area contributed by atoms with E-state index >= 15 is 0 Å². The lowest BCUT2D eigenvalue weighted by Gasteiger charge is -2.28. The van der Waals surface area contributed by atoms with Crippen LogP contribution in [0.3, 0.4) is 0 Å². The largest absolute Gasteiger partial charge is 0.388 e. The summed E-state index contributed by atoms with van der Waals surface area (Å²) >= 11 is 1.62. The standard InChI is InChI=1S/C21H28N2O4S2/c1-15(24)18-10-11-19(28-18)21(12-4-5-13-21)14-22-20(25)16-6-8-17(9-7-16)29(26,27)23(2)3/h6-11,15,24H,4-5,12-14H2,1-3H3,(H,22,25)/t15-/m1/s1. The van der Waals surface area contributed by atoms with Crippen molar-refractivity contribution < 1.29 is 18.3 Å². The van der Waals surface area contributed by atoms with Crippen molar-refractivity contribution in [2.45, 2.75) is 49.0 Å². The highest BCUT2D eigenvalue weighted by Gasteiger charge is 2.37. The molecule has 2 aromatic rings. The molecule has 1 aromatic heterocycles. The first-order chi connectivity index (χ1) is 13.7. The minimum atomic E-state index is -3.51. The van der Waals surface area contributed by atoms with Gasteiger partial charge in [0.1, 0.15) is 0 Å². The fraction of sp³-hybridized carbons (Fsp3) is 0.476. The summed E-state index contributed by atoms with van der Waals surface area (Å²) in [5, 5.41) is 12.9. The normalized spacial score (nSPS) is 17.4. The van der Waals surface area contributed by atoms with E-state index < -0.39 is 16.1 Å². The van der Waals surface area contributed by atoms with Gasteiger partial charge in [0, 0.05) is 41.4 Å². The molecule has 1 aliphatic rings. The van der Waals surface area contributed by atoms with Crippen LogP contribution in [-0.4, -0.2) is 44.4 Å². The van der Waals surface area contributed by atoms with Gasteiger partial charge in [-0.3, -0.25) is 4.79 Å². The quantitative estimate of drug-likeness (QED) is 0.697. The summed E-state index contributed by atoms with van der Waals surface area (Å²) in [4.78, 5) is 15.0. The number of nitrogens with one attached hydrogen (secondary N) is 1. The van der Waals surface area contributed by atoms with Crippen molar-refractivity contribution >= 4 is 27.3 Å². The van der Waals surface area contributed by atoms with E-state index in [1.54, 1.807) is 30.4 Å². The molecule has 8 heteroatoms. The second-order valence-electron chi connectivity index (χ2n) is 7.86. The molecule has 0 unspecified atom stereocenters. The van der Waals surface area contributed by atoms with Gasteiger partial charge in [-0.2, -0.15) is 0 Å². The molecule has 0 aliphatic heterocycles. The molecule has 0 saturated heterocycles. The van der Waals surface area contributed by atoms with E-state index in [0.717, 1.165) is 34.9 Å². The van der Waals surface area contributed by atoms with Crippen molar-refractivity contribution in [3.05, 3.63) is 51.7 Å². The molecule has 0 bridgehead atoms. The highest BCUT2D eigenvalue weighted by atomic mass is 32.2. The molecule has 3 rings (SSSR count). The van der Waals surface area contributed by atoms with E-state index in [4.69, 9.17) is 0 Å². The van der Waals surface area contributed by atoms with E-state index in [0.29, 0.717) is 12.1 Å². The molecule has 158 valence electrons. The molecule has 1 fully saturated rings. The Bertz CT molecular complexity index is 957. The second-order valence-corrected chi connectivity index (χ2v) is 11.1. The van der Waals surface area contributed by atoms with E-state index in [2.05, 4.69) is 11.4 Å². The Balaban J connectivity index is 1.72. The molecule has 1 amide bonds. The topological polar surface area (TPSA) is 86.7 Å². The zero-order valence-electron chi connectivity index (χ0n) is 17.0. The summed E-state index contributed by atoms with van der Waals surface area (Å²) in [6, 6.07) is 10.1. The van der Waals surface area contributed by atoms with Crippen LogP contribution in [0.25, 0.3) is 0 Å². The van der Waals surface area contributed by atoms with Gasteiger partial charge in [-0.25, -0.2) is 12.7 Å². The smallest absolute Gasteiger partial charge is 0.251 e. The maximum Gasteiger partial charge on any atom is 0.251 e. The fourth-order valence-corrected chi connectivity index (χ4v) is 5.86. The maximum absolute atomic E-state index is 12.7. The molecule has 2 N–H and O–H groups in total. The van der Waals surface area contributed by atoms with Crippen LogP contribution in [0.4, 0.5) is 0 Å². The molecular formula is C21H28N2O4S2. The molecule has 1 aliphatic carbocycles. The van der Waals surface area contributed by atoms with Gasteiger partial charge in [0.2, 0.25) is 10.0 Å². The summed E-state index contributed by atoms with van der Waals surface area (Å²) in [6.07, 6.45) is 3.77. The van der Waals surface area contributed by atoms with Crippen LogP contribution in [-0.2, 0) is 15.4 Å². The van der Waals surface area contributed by atoms with Crippen molar-refractivity contribution in [3.8, 4) is 0 Å². The van der Waals surface area contributed by atoms with Gasteiger partial charge >= 0.3 is 0 Å². The lowest BCUT2D eigenvalue weighted by Crippen LogP contribution is -2.38. The van der Waals surface area contributed by atoms with Gasteiger partial charge in [-0.1, -0.05) is 12.8 Å². The highest BCUT2D eigenvalue weighted by molar-refractivity contribution is 7.89. The van der Waals surface area contributed by atoms with Crippen molar-refractivity contribution in [2.75, 3.05) is 20.6 Å². The SMILES string of the molecule is C[C@@H](O)c1ccc(C2(CNC(=O)c3ccc(S(=O)(=O)N(C)C)cc3)CCCC2)s1. The van der Waals surface area contributed by atoms with Crippen LogP contribution in [0, 0.1) is 0 Å². The summed E-state index contributed by atoms with van der Waals surface area (Å²) in [7, 11) is -0.559. The minimum Gasteiger partial charge on any atom is -0.388 e. The number of nitrogens with zero attached hydrogens (tertiary/aromatic N) is 1. The van der Waals surface area contributed by atoms with E-state index in [1.807, 2.05) is 6.07 Å². The van der Waals surface area contributed by atoms with Crippen molar-refractivity contribution in [1.82, 2.24) is 9.62 Å². The lowest BCUT2D eigenvalue weighted by atomic mass is 9.84. The highest BCUT2D eigenvalue weighted by Crippen LogP contribution is 2.44. The molecule has 1 aromatic carbocycles.